The van der Waals surface area contributed by atoms with E-state index in [2.05, 4.69) is 0 Å². The number of hydrogen-bond donors (Lipinski definition) is 0. The van der Waals surface area contributed by atoms with Crippen molar-refractivity contribution in [1.82, 2.24) is 4.31 Å². The zero-order valence-corrected chi connectivity index (χ0v) is 17.2. The summed E-state index contributed by atoms with van der Waals surface area (Å²) in [5.41, 5.74) is -0.201. The van der Waals surface area contributed by atoms with Gasteiger partial charge in [0.05, 0.1) is 22.9 Å². The number of para-hydroxylation sites is 2. The maximum atomic E-state index is 13.0. The molecule has 0 radical (unpaired) electrons. The lowest BCUT2D eigenvalue weighted by atomic mass is 10.2. The van der Waals surface area contributed by atoms with Crippen molar-refractivity contribution in [2.45, 2.75) is 18.0 Å². The molecule has 1 aliphatic heterocycles. The molecule has 0 aliphatic carbocycles. The van der Waals surface area contributed by atoms with Crippen LogP contribution in [-0.2, 0) is 16.2 Å². The normalized spacial score (nSPS) is 16.1. The fourth-order valence-electron chi connectivity index (χ4n) is 3.18. The van der Waals surface area contributed by atoms with E-state index >= 15 is 0 Å². The number of anilines is 1. The molecular formula is C19H20ClF3N2O3S. The quantitative estimate of drug-likeness (QED) is 0.685. The lowest BCUT2D eigenvalue weighted by molar-refractivity contribution is -0.137. The Balaban J connectivity index is 1.81. The maximum Gasteiger partial charge on any atom is 0.416 e. The molecule has 0 N–H and O–H groups in total. The van der Waals surface area contributed by atoms with Crippen LogP contribution < -0.4 is 9.64 Å². The van der Waals surface area contributed by atoms with Gasteiger partial charge in [0, 0.05) is 26.2 Å². The monoisotopic (exact) mass is 448 g/mol. The molecule has 0 aromatic heterocycles. The lowest BCUT2D eigenvalue weighted by Crippen LogP contribution is -2.48. The number of sulfonamides is 1. The van der Waals surface area contributed by atoms with Crippen molar-refractivity contribution in [2.24, 2.45) is 0 Å². The highest BCUT2D eigenvalue weighted by Gasteiger charge is 2.35. The second kappa shape index (κ2) is 8.41. The third kappa shape index (κ3) is 4.62. The first-order valence-electron chi connectivity index (χ1n) is 8.98. The Bertz CT molecular complexity index is 975. The van der Waals surface area contributed by atoms with E-state index < -0.39 is 26.7 Å². The van der Waals surface area contributed by atoms with Gasteiger partial charge in [-0.15, -0.1) is 0 Å². The minimum Gasteiger partial charge on any atom is -0.492 e. The second-order valence-electron chi connectivity index (χ2n) is 6.43. The summed E-state index contributed by atoms with van der Waals surface area (Å²) in [4.78, 5) is 1.46. The van der Waals surface area contributed by atoms with Gasteiger partial charge in [0.25, 0.3) is 0 Å². The summed E-state index contributed by atoms with van der Waals surface area (Å²) in [6, 6.07) is 9.77. The number of benzene rings is 2. The molecule has 1 aliphatic rings. The van der Waals surface area contributed by atoms with E-state index in [4.69, 9.17) is 16.3 Å². The molecule has 0 spiro atoms. The van der Waals surface area contributed by atoms with Crippen molar-refractivity contribution in [2.75, 3.05) is 37.7 Å². The van der Waals surface area contributed by atoms with Gasteiger partial charge in [0.2, 0.25) is 10.0 Å². The molecule has 1 fully saturated rings. The molecule has 29 heavy (non-hydrogen) atoms. The highest BCUT2D eigenvalue weighted by atomic mass is 35.5. The highest BCUT2D eigenvalue weighted by Crippen LogP contribution is 2.35. The number of piperazine rings is 1. The first-order valence-corrected chi connectivity index (χ1v) is 10.8. The Hall–Kier alpha value is -1.97. The SMILES string of the molecule is CCOc1ccccc1N1CCN(S(=O)(=O)c2cc(C(F)(F)F)ccc2Cl)CC1. The zero-order chi connectivity index (χ0) is 21.2. The summed E-state index contributed by atoms with van der Waals surface area (Å²) in [5, 5.41) is -0.234. The molecule has 0 unspecified atom stereocenters. The number of alkyl halides is 3. The van der Waals surface area contributed by atoms with Gasteiger partial charge in [-0.1, -0.05) is 23.7 Å². The second-order valence-corrected chi connectivity index (χ2v) is 8.75. The van der Waals surface area contributed by atoms with E-state index in [0.29, 0.717) is 31.5 Å². The van der Waals surface area contributed by atoms with E-state index in [9.17, 15) is 21.6 Å². The molecule has 0 bridgehead atoms. The average molecular weight is 449 g/mol. The van der Waals surface area contributed by atoms with Gasteiger partial charge in [0.1, 0.15) is 10.6 Å². The zero-order valence-electron chi connectivity index (χ0n) is 15.6. The molecule has 0 saturated carbocycles. The fourth-order valence-corrected chi connectivity index (χ4v) is 5.10. The first kappa shape index (κ1) is 21.7. The van der Waals surface area contributed by atoms with Crippen LogP contribution in [0.2, 0.25) is 5.02 Å². The van der Waals surface area contributed by atoms with Crippen LogP contribution in [0.5, 0.6) is 5.75 Å². The third-order valence-corrected chi connectivity index (χ3v) is 7.00. The van der Waals surface area contributed by atoms with Crippen LogP contribution >= 0.6 is 11.6 Å². The fraction of sp³-hybridized carbons (Fsp3) is 0.368. The topological polar surface area (TPSA) is 49.9 Å². The standard InChI is InChI=1S/C19H20ClF3N2O3S/c1-2-28-17-6-4-3-5-16(17)24-9-11-25(12-10-24)29(26,27)18-13-14(19(21,22)23)7-8-15(18)20/h3-8,13H,2,9-12H2,1H3. The molecule has 5 nitrogen and oxygen atoms in total. The Kier molecular flexibility index (Phi) is 6.30. The van der Waals surface area contributed by atoms with Crippen LogP contribution in [0.1, 0.15) is 12.5 Å². The van der Waals surface area contributed by atoms with Gasteiger partial charge < -0.3 is 9.64 Å². The van der Waals surface area contributed by atoms with Crippen LogP contribution in [0.3, 0.4) is 0 Å². The molecule has 1 heterocycles. The smallest absolute Gasteiger partial charge is 0.416 e. The maximum absolute atomic E-state index is 13.0. The molecule has 0 atom stereocenters. The van der Waals surface area contributed by atoms with Crippen molar-refractivity contribution in [3.63, 3.8) is 0 Å². The largest absolute Gasteiger partial charge is 0.492 e. The van der Waals surface area contributed by atoms with Gasteiger partial charge in [-0.05, 0) is 37.3 Å². The van der Waals surface area contributed by atoms with Crippen molar-refractivity contribution in [3.05, 3.63) is 53.1 Å². The summed E-state index contributed by atoms with van der Waals surface area (Å²) in [6.45, 7) is 3.37. The van der Waals surface area contributed by atoms with Crippen molar-refractivity contribution < 1.29 is 26.3 Å². The van der Waals surface area contributed by atoms with Crippen LogP contribution in [0.25, 0.3) is 0 Å². The lowest BCUT2D eigenvalue weighted by Gasteiger charge is -2.36. The molecule has 2 aromatic carbocycles. The molecule has 0 amide bonds. The van der Waals surface area contributed by atoms with Crippen molar-refractivity contribution in [3.8, 4) is 5.75 Å². The number of hydrogen-bond acceptors (Lipinski definition) is 4. The molecule has 10 heteroatoms. The van der Waals surface area contributed by atoms with Gasteiger partial charge in [-0.25, -0.2) is 8.42 Å². The van der Waals surface area contributed by atoms with E-state index in [1.807, 2.05) is 36.1 Å². The van der Waals surface area contributed by atoms with Gasteiger partial charge in [-0.2, -0.15) is 17.5 Å². The molecule has 1 saturated heterocycles. The summed E-state index contributed by atoms with van der Waals surface area (Å²) in [7, 11) is -4.16. The van der Waals surface area contributed by atoms with Gasteiger partial charge >= 0.3 is 6.18 Å². The minimum absolute atomic E-state index is 0.120. The Labute approximate surface area is 172 Å². The van der Waals surface area contributed by atoms with E-state index in [1.165, 1.54) is 0 Å². The Morgan fingerprint density at radius 3 is 2.34 bits per heavy atom. The molecule has 158 valence electrons. The van der Waals surface area contributed by atoms with E-state index in [0.717, 1.165) is 22.1 Å². The number of rotatable bonds is 5. The predicted molar refractivity (Wildman–Crippen MR) is 105 cm³/mol. The Morgan fingerprint density at radius 2 is 1.72 bits per heavy atom. The molecular weight excluding hydrogens is 429 g/mol. The van der Waals surface area contributed by atoms with E-state index in [-0.39, 0.29) is 18.1 Å². The van der Waals surface area contributed by atoms with Crippen molar-refractivity contribution in [1.29, 1.82) is 0 Å². The van der Waals surface area contributed by atoms with E-state index in [1.54, 1.807) is 0 Å². The first-order chi connectivity index (χ1) is 13.6. The van der Waals surface area contributed by atoms with Crippen LogP contribution in [-0.4, -0.2) is 45.5 Å². The summed E-state index contributed by atoms with van der Waals surface area (Å²) in [5.74, 6) is 0.701. The third-order valence-electron chi connectivity index (χ3n) is 4.62. The summed E-state index contributed by atoms with van der Waals surface area (Å²) in [6.07, 6.45) is -4.66. The Morgan fingerprint density at radius 1 is 1.07 bits per heavy atom. The summed E-state index contributed by atoms with van der Waals surface area (Å²) >= 11 is 5.93. The molecule has 2 aromatic rings. The molecule has 3 rings (SSSR count). The average Bonchev–Trinajstić information content (AvgIpc) is 2.68. The van der Waals surface area contributed by atoms with Crippen molar-refractivity contribution >= 4 is 27.3 Å². The van der Waals surface area contributed by atoms with Gasteiger partial charge in [0.15, 0.2) is 0 Å². The number of nitrogens with zero attached hydrogens (tertiary/aromatic N) is 2. The highest BCUT2D eigenvalue weighted by molar-refractivity contribution is 7.89. The predicted octanol–water partition coefficient (Wildman–Crippen LogP) is 4.27. The number of ether oxygens (including phenoxy) is 1. The number of halogens is 4. The summed E-state index contributed by atoms with van der Waals surface area (Å²) < 4.78 is 71.6. The minimum atomic E-state index is -4.66. The van der Waals surface area contributed by atoms with Crippen LogP contribution in [0.4, 0.5) is 18.9 Å². The van der Waals surface area contributed by atoms with Crippen LogP contribution in [0, 0.1) is 0 Å². The van der Waals surface area contributed by atoms with Crippen LogP contribution in [0.15, 0.2) is 47.4 Å². The van der Waals surface area contributed by atoms with Gasteiger partial charge in [-0.3, -0.25) is 0 Å².